The topological polar surface area (TPSA) is 87.9 Å². The molecule has 0 saturated carbocycles. The zero-order valence-corrected chi connectivity index (χ0v) is 17.9. The van der Waals surface area contributed by atoms with E-state index in [1.165, 1.54) is 6.92 Å². The highest BCUT2D eigenvalue weighted by Gasteiger charge is 2.55. The van der Waals surface area contributed by atoms with Crippen LogP contribution in [0.1, 0.15) is 33.3 Å². The van der Waals surface area contributed by atoms with E-state index in [-0.39, 0.29) is 22.6 Å². The van der Waals surface area contributed by atoms with E-state index >= 15 is 0 Å². The summed E-state index contributed by atoms with van der Waals surface area (Å²) in [5, 5.41) is 14.4. The second kappa shape index (κ2) is 7.47. The molecule has 176 valence electrons. The van der Waals surface area contributed by atoms with Crippen LogP contribution < -0.4 is 4.74 Å². The second-order valence-corrected chi connectivity index (χ2v) is 9.13. The van der Waals surface area contributed by atoms with Gasteiger partial charge in [-0.15, -0.1) is 0 Å². The zero-order valence-electron chi connectivity index (χ0n) is 17.9. The average molecular weight is 464 g/mol. The number of carbonyl (C=O) groups is 2. The molecule has 2 saturated heterocycles. The molecule has 1 aromatic carbocycles. The fourth-order valence-electron chi connectivity index (χ4n) is 4.95. The summed E-state index contributed by atoms with van der Waals surface area (Å²) in [5.41, 5.74) is 1.59. The van der Waals surface area contributed by atoms with Gasteiger partial charge in [0.05, 0.1) is 17.9 Å². The van der Waals surface area contributed by atoms with Gasteiger partial charge in [0.2, 0.25) is 0 Å². The van der Waals surface area contributed by atoms with E-state index < -0.39 is 24.7 Å². The number of aliphatic hydroxyl groups is 1. The first kappa shape index (κ1) is 21.7. The smallest absolute Gasteiger partial charge is 0.408 e. The molecule has 2 aromatic rings. The minimum Gasteiger partial charge on any atom is -0.493 e. The lowest BCUT2D eigenvalue weighted by Crippen LogP contribution is -2.74. The van der Waals surface area contributed by atoms with Crippen LogP contribution in [0.25, 0.3) is 0 Å². The summed E-state index contributed by atoms with van der Waals surface area (Å²) >= 11 is 0. The van der Waals surface area contributed by atoms with Crippen molar-refractivity contribution in [1.82, 2.24) is 19.6 Å². The third-order valence-corrected chi connectivity index (χ3v) is 6.50. The summed E-state index contributed by atoms with van der Waals surface area (Å²) in [6.07, 6.45) is -3.85. The van der Waals surface area contributed by atoms with E-state index in [2.05, 4.69) is 5.10 Å². The summed E-state index contributed by atoms with van der Waals surface area (Å²) in [6, 6.07) is 5.40. The van der Waals surface area contributed by atoms with E-state index in [4.69, 9.17) is 4.74 Å². The molecule has 11 heteroatoms. The lowest BCUT2D eigenvalue weighted by atomic mass is 9.72. The monoisotopic (exact) mass is 464 g/mol. The van der Waals surface area contributed by atoms with Crippen LogP contribution in [-0.2, 0) is 17.8 Å². The maximum absolute atomic E-state index is 12.8. The first-order chi connectivity index (χ1) is 15.6. The predicted molar refractivity (Wildman–Crippen MR) is 109 cm³/mol. The molecular formula is C22H23F3N4O4. The molecule has 2 fully saturated rings. The van der Waals surface area contributed by atoms with Crippen molar-refractivity contribution in [2.24, 2.45) is 5.41 Å². The number of para-hydroxylation sites is 1. The number of hydrogen-bond donors (Lipinski definition) is 1. The standard InChI is InChI=1S/C22H23F3N4O4/c1-13-16(7-29(26-13)12-22(23,24)25)19(31)27-8-21(9-27)10-28(11-21)20(32)17(30)15-4-2-3-14-5-6-33-18(14)15/h2-4,7,17,30H,5-6,8-12H2,1H3. The zero-order chi connectivity index (χ0) is 23.5. The van der Waals surface area contributed by atoms with Gasteiger partial charge in [0.15, 0.2) is 6.10 Å². The lowest BCUT2D eigenvalue weighted by Gasteiger charge is -2.60. The van der Waals surface area contributed by atoms with Crippen LogP contribution in [0.15, 0.2) is 24.4 Å². The normalized spacial score (nSPS) is 19.5. The molecule has 5 rings (SSSR count). The Morgan fingerprint density at radius 1 is 1.21 bits per heavy atom. The number of nitrogens with zero attached hydrogens (tertiary/aromatic N) is 4. The summed E-state index contributed by atoms with van der Waals surface area (Å²) in [7, 11) is 0. The summed E-state index contributed by atoms with van der Waals surface area (Å²) < 4.78 is 44.1. The van der Waals surface area contributed by atoms with Crippen molar-refractivity contribution in [2.75, 3.05) is 32.8 Å². The number of alkyl halides is 3. The molecule has 8 nitrogen and oxygen atoms in total. The van der Waals surface area contributed by atoms with Gasteiger partial charge in [-0.05, 0) is 12.5 Å². The molecule has 1 unspecified atom stereocenters. The highest BCUT2D eigenvalue weighted by atomic mass is 19.4. The number of aromatic nitrogens is 2. The average Bonchev–Trinajstić information content (AvgIpc) is 3.29. The molecule has 1 spiro atoms. The maximum Gasteiger partial charge on any atom is 0.408 e. The van der Waals surface area contributed by atoms with Crippen molar-refractivity contribution in [2.45, 2.75) is 32.2 Å². The van der Waals surface area contributed by atoms with Gasteiger partial charge in [0.25, 0.3) is 11.8 Å². The minimum absolute atomic E-state index is 0.148. The Bertz CT molecular complexity index is 1120. The Balaban J connectivity index is 1.17. The van der Waals surface area contributed by atoms with Crippen LogP contribution in [0.5, 0.6) is 5.75 Å². The van der Waals surface area contributed by atoms with Crippen LogP contribution in [0.4, 0.5) is 13.2 Å². The van der Waals surface area contributed by atoms with Crippen molar-refractivity contribution in [3.05, 3.63) is 46.8 Å². The number of amides is 2. The van der Waals surface area contributed by atoms with Gasteiger partial charge in [0, 0.05) is 49.8 Å². The van der Waals surface area contributed by atoms with Crippen LogP contribution >= 0.6 is 0 Å². The molecule has 1 N–H and O–H groups in total. The van der Waals surface area contributed by atoms with Gasteiger partial charge in [-0.25, -0.2) is 0 Å². The van der Waals surface area contributed by atoms with Crippen molar-refractivity contribution in [3.63, 3.8) is 0 Å². The Hall–Kier alpha value is -3.08. The SMILES string of the molecule is Cc1nn(CC(F)(F)F)cc1C(=O)N1CC2(C1)CN(C(=O)C(O)c1cccc3c1OCC3)C2. The van der Waals surface area contributed by atoms with Gasteiger partial charge in [-0.2, -0.15) is 18.3 Å². The number of aliphatic hydroxyl groups excluding tert-OH is 1. The van der Waals surface area contributed by atoms with Crippen LogP contribution in [0.3, 0.4) is 0 Å². The number of hydrogen-bond acceptors (Lipinski definition) is 5. The lowest BCUT2D eigenvalue weighted by molar-refractivity contribution is -0.163. The summed E-state index contributed by atoms with van der Waals surface area (Å²) in [6.45, 7) is 2.41. The first-order valence-electron chi connectivity index (χ1n) is 10.7. The molecule has 3 aliphatic heterocycles. The van der Waals surface area contributed by atoms with Gasteiger partial charge in [0.1, 0.15) is 12.3 Å². The largest absolute Gasteiger partial charge is 0.493 e. The maximum atomic E-state index is 12.8. The highest BCUT2D eigenvalue weighted by molar-refractivity contribution is 5.96. The van der Waals surface area contributed by atoms with Crippen molar-refractivity contribution in [1.29, 1.82) is 0 Å². The minimum atomic E-state index is -4.42. The number of benzene rings is 1. The summed E-state index contributed by atoms with van der Waals surface area (Å²) in [5.74, 6) is -0.192. The first-order valence-corrected chi connectivity index (χ1v) is 10.7. The Labute approximate surface area is 187 Å². The van der Waals surface area contributed by atoms with Gasteiger partial charge in [-0.1, -0.05) is 18.2 Å². The molecular weight excluding hydrogens is 441 g/mol. The molecule has 33 heavy (non-hydrogen) atoms. The quantitative estimate of drug-likeness (QED) is 0.745. The molecule has 4 heterocycles. The van der Waals surface area contributed by atoms with Gasteiger partial charge in [-0.3, -0.25) is 14.3 Å². The number of ether oxygens (including phenoxy) is 1. The van der Waals surface area contributed by atoms with Crippen LogP contribution in [0, 0.1) is 12.3 Å². The highest BCUT2D eigenvalue weighted by Crippen LogP contribution is 2.42. The molecule has 1 aromatic heterocycles. The number of fused-ring (bicyclic) bond motifs is 1. The predicted octanol–water partition coefficient (Wildman–Crippen LogP) is 1.71. The van der Waals surface area contributed by atoms with E-state index in [1.807, 2.05) is 6.07 Å². The van der Waals surface area contributed by atoms with Crippen molar-refractivity contribution >= 4 is 11.8 Å². The number of aryl methyl sites for hydroxylation is 1. The third-order valence-electron chi connectivity index (χ3n) is 6.50. The number of likely N-dealkylation sites (tertiary alicyclic amines) is 2. The molecule has 0 aliphatic carbocycles. The van der Waals surface area contributed by atoms with E-state index in [1.54, 1.807) is 21.9 Å². The van der Waals surface area contributed by atoms with Gasteiger partial charge >= 0.3 is 6.18 Å². The Morgan fingerprint density at radius 2 is 1.91 bits per heavy atom. The van der Waals surface area contributed by atoms with Gasteiger partial charge < -0.3 is 19.6 Å². The Kier molecular flexibility index (Phi) is 4.93. The fourth-order valence-corrected chi connectivity index (χ4v) is 4.95. The second-order valence-electron chi connectivity index (χ2n) is 9.13. The number of carbonyl (C=O) groups excluding carboxylic acids is 2. The summed E-state index contributed by atoms with van der Waals surface area (Å²) in [4.78, 5) is 28.6. The number of rotatable bonds is 4. The van der Waals surface area contributed by atoms with Crippen LogP contribution in [-0.4, -0.2) is 75.5 Å². The van der Waals surface area contributed by atoms with Crippen LogP contribution in [0.2, 0.25) is 0 Å². The molecule has 0 bridgehead atoms. The third kappa shape index (κ3) is 3.84. The molecule has 3 aliphatic rings. The Morgan fingerprint density at radius 3 is 2.61 bits per heavy atom. The van der Waals surface area contributed by atoms with Crippen molar-refractivity contribution in [3.8, 4) is 5.75 Å². The fraction of sp³-hybridized carbons (Fsp3) is 0.500. The molecule has 0 radical (unpaired) electrons. The van der Waals surface area contributed by atoms with E-state index in [0.29, 0.717) is 44.1 Å². The molecule has 2 amide bonds. The number of halogens is 3. The van der Waals surface area contributed by atoms with E-state index in [9.17, 15) is 27.9 Å². The van der Waals surface area contributed by atoms with E-state index in [0.717, 1.165) is 22.9 Å². The van der Waals surface area contributed by atoms with Crippen molar-refractivity contribution < 1.29 is 32.6 Å². The molecule has 1 atom stereocenters.